The molecular formula is C25H24FN5O. The molecule has 3 heterocycles. The average molecular weight is 429 g/mol. The Labute approximate surface area is 186 Å². The van der Waals surface area contributed by atoms with Crippen LogP contribution in [0.15, 0.2) is 73.3 Å². The minimum Gasteiger partial charge on any atom is -0.438 e. The zero-order chi connectivity index (χ0) is 21.9. The normalized spacial score (nSPS) is 15.6. The highest BCUT2D eigenvalue weighted by molar-refractivity contribution is 5.87. The minimum absolute atomic E-state index is 0.201. The lowest BCUT2D eigenvalue weighted by molar-refractivity contribution is 0.198. The molecule has 0 saturated carbocycles. The molecule has 32 heavy (non-hydrogen) atoms. The number of rotatable bonds is 5. The number of anilines is 1. The van der Waals surface area contributed by atoms with Crippen LogP contribution in [-0.2, 0) is 0 Å². The van der Waals surface area contributed by atoms with E-state index in [4.69, 9.17) is 4.74 Å². The first-order valence-corrected chi connectivity index (χ1v) is 10.7. The maximum absolute atomic E-state index is 13.2. The molecule has 1 aliphatic rings. The van der Waals surface area contributed by atoms with E-state index < -0.39 is 0 Å². The smallest absolute Gasteiger partial charge is 0.224 e. The van der Waals surface area contributed by atoms with Crippen LogP contribution < -0.4 is 9.64 Å². The molecule has 2 aromatic carbocycles. The van der Waals surface area contributed by atoms with Crippen molar-refractivity contribution in [3.63, 3.8) is 0 Å². The van der Waals surface area contributed by atoms with Gasteiger partial charge in [-0.1, -0.05) is 24.3 Å². The molecule has 0 unspecified atom stereocenters. The molecule has 1 aliphatic heterocycles. The largest absolute Gasteiger partial charge is 0.438 e. The molecule has 1 fully saturated rings. The summed E-state index contributed by atoms with van der Waals surface area (Å²) >= 11 is 0. The van der Waals surface area contributed by atoms with Gasteiger partial charge in [-0.15, -0.1) is 0 Å². The van der Waals surface area contributed by atoms with E-state index in [1.165, 1.54) is 12.1 Å². The highest BCUT2D eigenvalue weighted by Crippen LogP contribution is 2.30. The standard InChI is InChI=1S/C25H24FN5O/c1-18(19-5-7-21(26)8-6-19)30-11-13-31(14-12-30)24-15-25(29-17-28-24)32-23-4-2-3-20-16-27-10-9-22(20)23/h2-10,15-18H,11-14H2,1H3/t18-/m0/s1. The van der Waals surface area contributed by atoms with Crippen molar-refractivity contribution < 1.29 is 9.13 Å². The molecule has 6 nitrogen and oxygen atoms in total. The summed E-state index contributed by atoms with van der Waals surface area (Å²) in [4.78, 5) is 17.6. The molecular weight excluding hydrogens is 405 g/mol. The highest BCUT2D eigenvalue weighted by atomic mass is 19.1. The van der Waals surface area contributed by atoms with Crippen molar-refractivity contribution in [2.75, 3.05) is 31.1 Å². The maximum atomic E-state index is 13.2. The molecule has 5 rings (SSSR count). The molecule has 4 aromatic rings. The monoisotopic (exact) mass is 429 g/mol. The molecule has 0 aliphatic carbocycles. The fourth-order valence-electron chi connectivity index (χ4n) is 4.14. The molecule has 162 valence electrons. The molecule has 0 radical (unpaired) electrons. The van der Waals surface area contributed by atoms with Crippen molar-refractivity contribution in [1.29, 1.82) is 0 Å². The molecule has 2 aromatic heterocycles. The zero-order valence-electron chi connectivity index (χ0n) is 17.9. The van der Waals surface area contributed by atoms with Gasteiger partial charge < -0.3 is 9.64 Å². The van der Waals surface area contributed by atoms with E-state index in [9.17, 15) is 4.39 Å². The van der Waals surface area contributed by atoms with Gasteiger partial charge in [-0.25, -0.2) is 14.4 Å². The molecule has 0 spiro atoms. The number of pyridine rings is 1. The zero-order valence-corrected chi connectivity index (χ0v) is 17.9. The average Bonchev–Trinajstić information content (AvgIpc) is 2.85. The van der Waals surface area contributed by atoms with Gasteiger partial charge >= 0.3 is 0 Å². The van der Waals surface area contributed by atoms with E-state index in [1.54, 1.807) is 12.5 Å². The topological polar surface area (TPSA) is 54.4 Å². The minimum atomic E-state index is -0.201. The van der Waals surface area contributed by atoms with E-state index in [2.05, 4.69) is 31.7 Å². The van der Waals surface area contributed by atoms with Crippen LogP contribution >= 0.6 is 0 Å². The highest BCUT2D eigenvalue weighted by Gasteiger charge is 2.23. The predicted octanol–water partition coefficient (Wildman–Crippen LogP) is 4.84. The van der Waals surface area contributed by atoms with Crippen molar-refractivity contribution in [3.8, 4) is 11.6 Å². The Bertz CT molecular complexity index is 1200. The second-order valence-electron chi connectivity index (χ2n) is 7.92. The molecule has 1 saturated heterocycles. The van der Waals surface area contributed by atoms with Gasteiger partial charge in [0.25, 0.3) is 0 Å². The number of piperazine rings is 1. The first-order chi connectivity index (χ1) is 15.7. The summed E-state index contributed by atoms with van der Waals surface area (Å²) in [6.07, 6.45) is 5.12. The van der Waals surface area contributed by atoms with Crippen LogP contribution in [0.25, 0.3) is 10.8 Å². The summed E-state index contributed by atoms with van der Waals surface area (Å²) in [5.41, 5.74) is 1.13. The van der Waals surface area contributed by atoms with Crippen LogP contribution in [0.5, 0.6) is 11.6 Å². The number of halogens is 1. The van der Waals surface area contributed by atoms with Crippen molar-refractivity contribution in [3.05, 3.63) is 84.7 Å². The van der Waals surface area contributed by atoms with Crippen LogP contribution in [0.2, 0.25) is 0 Å². The third-order valence-corrected chi connectivity index (χ3v) is 6.02. The number of hydrogen-bond acceptors (Lipinski definition) is 6. The Kier molecular flexibility index (Phi) is 5.64. The van der Waals surface area contributed by atoms with Crippen molar-refractivity contribution in [2.24, 2.45) is 0 Å². The third-order valence-electron chi connectivity index (χ3n) is 6.02. The predicted molar refractivity (Wildman–Crippen MR) is 122 cm³/mol. The molecule has 0 amide bonds. The summed E-state index contributed by atoms with van der Waals surface area (Å²) in [7, 11) is 0. The molecule has 0 N–H and O–H groups in total. The summed E-state index contributed by atoms with van der Waals surface area (Å²) in [5.74, 6) is 1.91. The third kappa shape index (κ3) is 4.24. The number of aromatic nitrogens is 3. The van der Waals surface area contributed by atoms with E-state index >= 15 is 0 Å². The maximum Gasteiger partial charge on any atom is 0.224 e. The summed E-state index contributed by atoms with van der Waals surface area (Å²) in [6, 6.07) is 16.7. The van der Waals surface area contributed by atoms with Crippen LogP contribution in [-0.4, -0.2) is 46.0 Å². The van der Waals surface area contributed by atoms with Gasteiger partial charge in [-0.2, -0.15) is 0 Å². The summed E-state index contributed by atoms with van der Waals surface area (Å²) in [5, 5.41) is 2.01. The Hall–Kier alpha value is -3.58. The lowest BCUT2D eigenvalue weighted by atomic mass is 10.1. The molecule has 7 heteroatoms. The van der Waals surface area contributed by atoms with Crippen LogP contribution in [0.1, 0.15) is 18.5 Å². The Morgan fingerprint density at radius 1 is 0.969 bits per heavy atom. The van der Waals surface area contributed by atoms with E-state index in [0.29, 0.717) is 5.88 Å². The van der Waals surface area contributed by atoms with Gasteiger partial charge in [0.15, 0.2) is 0 Å². The SMILES string of the molecule is C[C@@H](c1ccc(F)cc1)N1CCN(c2cc(Oc3cccc4cnccc34)ncn2)CC1. The Morgan fingerprint density at radius 3 is 2.59 bits per heavy atom. The number of benzene rings is 2. The molecule has 0 bridgehead atoms. The fourth-order valence-corrected chi connectivity index (χ4v) is 4.14. The van der Waals surface area contributed by atoms with E-state index in [1.807, 2.05) is 48.7 Å². The Balaban J connectivity index is 1.27. The van der Waals surface area contributed by atoms with E-state index in [0.717, 1.165) is 54.1 Å². The van der Waals surface area contributed by atoms with Gasteiger partial charge in [0.2, 0.25) is 5.88 Å². The van der Waals surface area contributed by atoms with Crippen LogP contribution in [0.3, 0.4) is 0 Å². The number of nitrogens with zero attached hydrogens (tertiary/aromatic N) is 5. The number of fused-ring (bicyclic) bond motifs is 1. The van der Waals surface area contributed by atoms with Crippen LogP contribution in [0, 0.1) is 5.82 Å². The van der Waals surface area contributed by atoms with Gasteiger partial charge in [-0.3, -0.25) is 9.88 Å². The van der Waals surface area contributed by atoms with Gasteiger partial charge in [0.05, 0.1) is 0 Å². The van der Waals surface area contributed by atoms with Crippen LogP contribution in [0.4, 0.5) is 10.2 Å². The first-order valence-electron chi connectivity index (χ1n) is 10.7. The lowest BCUT2D eigenvalue weighted by Gasteiger charge is -2.38. The van der Waals surface area contributed by atoms with Crippen molar-refractivity contribution >= 4 is 16.6 Å². The number of ether oxygens (including phenoxy) is 1. The summed E-state index contributed by atoms with van der Waals surface area (Å²) < 4.78 is 19.3. The second kappa shape index (κ2) is 8.88. The van der Waals surface area contributed by atoms with Gasteiger partial charge in [-0.05, 0) is 36.8 Å². The van der Waals surface area contributed by atoms with Gasteiger partial charge in [0, 0.05) is 61.5 Å². The quantitative estimate of drug-likeness (QED) is 0.453. The Morgan fingerprint density at radius 2 is 1.78 bits per heavy atom. The molecule has 1 atom stereocenters. The summed E-state index contributed by atoms with van der Waals surface area (Å²) in [6.45, 7) is 5.66. The van der Waals surface area contributed by atoms with Gasteiger partial charge in [0.1, 0.15) is 23.7 Å². The van der Waals surface area contributed by atoms with Crippen molar-refractivity contribution in [1.82, 2.24) is 19.9 Å². The first kappa shape index (κ1) is 20.3. The fraction of sp³-hybridized carbons (Fsp3) is 0.240. The van der Waals surface area contributed by atoms with Crippen molar-refractivity contribution in [2.45, 2.75) is 13.0 Å². The lowest BCUT2D eigenvalue weighted by Crippen LogP contribution is -2.47. The number of hydrogen-bond donors (Lipinski definition) is 0. The second-order valence-corrected chi connectivity index (χ2v) is 7.92. The van der Waals surface area contributed by atoms with E-state index in [-0.39, 0.29) is 11.9 Å².